The number of ether oxygens (including phenoxy) is 1. The largest absolute Gasteiger partial charge is 0.495 e. The Labute approximate surface area is 146 Å². The molecule has 1 atom stereocenters. The molecule has 2 aromatic rings. The maximum atomic E-state index is 13.0. The molecule has 3 rings (SSSR count). The van der Waals surface area contributed by atoms with Crippen LogP contribution < -0.4 is 15.4 Å². The standard InChI is InChI=1S/C17H22N6O2/c1-10(2)9-13-15(11(3)18-17-20-21-22-23(13)17)16(24)19-12-7-5-6-8-14(12)25-4/h5-8,10,13H,9H2,1-4H3,(H,19,24)(H,18,20,22). The molecule has 132 valence electrons. The molecule has 8 heteroatoms. The summed E-state index contributed by atoms with van der Waals surface area (Å²) in [7, 11) is 1.58. The Morgan fingerprint density at radius 2 is 2.16 bits per heavy atom. The summed E-state index contributed by atoms with van der Waals surface area (Å²) in [4.78, 5) is 13.0. The van der Waals surface area contributed by atoms with Crippen molar-refractivity contribution in [3.05, 3.63) is 35.5 Å². The van der Waals surface area contributed by atoms with Crippen molar-refractivity contribution >= 4 is 17.5 Å². The van der Waals surface area contributed by atoms with Gasteiger partial charge in [0.2, 0.25) is 5.95 Å². The van der Waals surface area contributed by atoms with Crippen LogP contribution in [0.25, 0.3) is 0 Å². The molecule has 1 aromatic heterocycles. The van der Waals surface area contributed by atoms with Crippen LogP contribution in [-0.2, 0) is 4.79 Å². The summed E-state index contributed by atoms with van der Waals surface area (Å²) in [5.41, 5.74) is 2.00. The number of carbonyl (C=O) groups is 1. The number of anilines is 2. The number of rotatable bonds is 5. The average Bonchev–Trinajstić information content (AvgIpc) is 3.03. The van der Waals surface area contributed by atoms with Crippen molar-refractivity contribution in [2.45, 2.75) is 33.2 Å². The van der Waals surface area contributed by atoms with Gasteiger partial charge in [0.05, 0.1) is 24.4 Å². The predicted molar refractivity (Wildman–Crippen MR) is 94.3 cm³/mol. The summed E-state index contributed by atoms with van der Waals surface area (Å²) in [6, 6.07) is 7.10. The third-order valence-electron chi connectivity index (χ3n) is 4.12. The van der Waals surface area contributed by atoms with Crippen molar-refractivity contribution < 1.29 is 9.53 Å². The maximum absolute atomic E-state index is 13.0. The number of fused-ring (bicyclic) bond motifs is 1. The second kappa shape index (κ2) is 6.92. The molecule has 1 unspecified atom stereocenters. The highest BCUT2D eigenvalue weighted by Crippen LogP contribution is 2.34. The fourth-order valence-corrected chi connectivity index (χ4v) is 3.02. The van der Waals surface area contributed by atoms with Crippen LogP contribution in [0, 0.1) is 5.92 Å². The molecule has 0 saturated carbocycles. The topological polar surface area (TPSA) is 94.0 Å². The van der Waals surface area contributed by atoms with Crippen LogP contribution in [0.1, 0.15) is 33.2 Å². The van der Waals surface area contributed by atoms with E-state index in [1.54, 1.807) is 17.9 Å². The molecule has 1 aliphatic heterocycles. The number of benzene rings is 1. The first-order valence-electron chi connectivity index (χ1n) is 8.21. The molecule has 1 aromatic carbocycles. The second-order valence-corrected chi connectivity index (χ2v) is 6.41. The number of amides is 1. The van der Waals surface area contributed by atoms with Crippen LogP contribution >= 0.6 is 0 Å². The van der Waals surface area contributed by atoms with Crippen LogP contribution in [-0.4, -0.2) is 33.2 Å². The van der Waals surface area contributed by atoms with Gasteiger partial charge in [-0.2, -0.15) is 0 Å². The van der Waals surface area contributed by atoms with Crippen LogP contribution in [0.15, 0.2) is 35.5 Å². The first kappa shape index (κ1) is 16.9. The van der Waals surface area contributed by atoms with Crippen LogP contribution in [0.3, 0.4) is 0 Å². The lowest BCUT2D eigenvalue weighted by molar-refractivity contribution is -0.113. The first-order chi connectivity index (χ1) is 12.0. The van der Waals surface area contributed by atoms with Crippen LogP contribution in [0.2, 0.25) is 0 Å². The fourth-order valence-electron chi connectivity index (χ4n) is 3.02. The molecule has 1 amide bonds. The van der Waals surface area contributed by atoms with Gasteiger partial charge in [-0.15, -0.1) is 0 Å². The molecule has 2 heterocycles. The van der Waals surface area contributed by atoms with E-state index in [-0.39, 0.29) is 11.9 Å². The van der Waals surface area contributed by atoms with Crippen LogP contribution in [0.4, 0.5) is 11.6 Å². The Bertz CT molecular complexity index is 811. The van der Waals surface area contributed by atoms with Crippen molar-refractivity contribution in [2.24, 2.45) is 5.92 Å². The van der Waals surface area contributed by atoms with Gasteiger partial charge >= 0.3 is 0 Å². The number of allylic oxidation sites excluding steroid dienone is 1. The lowest BCUT2D eigenvalue weighted by Gasteiger charge is -2.28. The molecule has 0 aliphatic carbocycles. The van der Waals surface area contributed by atoms with Crippen molar-refractivity contribution in [2.75, 3.05) is 17.7 Å². The molecule has 0 fully saturated rings. The molecule has 1 aliphatic rings. The Hall–Kier alpha value is -2.90. The van der Waals surface area contributed by atoms with E-state index < -0.39 is 0 Å². The Balaban J connectivity index is 1.93. The predicted octanol–water partition coefficient (Wildman–Crippen LogP) is 2.61. The van der Waals surface area contributed by atoms with Gasteiger partial charge in [-0.05, 0) is 41.8 Å². The van der Waals surface area contributed by atoms with Gasteiger partial charge in [0.25, 0.3) is 5.91 Å². The van der Waals surface area contributed by atoms with Gasteiger partial charge in [0.1, 0.15) is 5.75 Å². The molecule has 0 radical (unpaired) electrons. The number of para-hydroxylation sites is 2. The van der Waals surface area contributed by atoms with Gasteiger partial charge in [-0.25, -0.2) is 4.68 Å². The third kappa shape index (κ3) is 3.33. The van der Waals surface area contributed by atoms with Crippen molar-refractivity contribution in [3.63, 3.8) is 0 Å². The van der Waals surface area contributed by atoms with E-state index >= 15 is 0 Å². The second-order valence-electron chi connectivity index (χ2n) is 6.41. The molecule has 25 heavy (non-hydrogen) atoms. The lowest BCUT2D eigenvalue weighted by atomic mass is 9.94. The zero-order valence-corrected chi connectivity index (χ0v) is 14.8. The molecule has 0 spiro atoms. The first-order valence-corrected chi connectivity index (χ1v) is 8.21. The Morgan fingerprint density at radius 3 is 2.88 bits per heavy atom. The monoisotopic (exact) mass is 342 g/mol. The number of carbonyl (C=O) groups excluding carboxylic acids is 1. The quantitative estimate of drug-likeness (QED) is 0.867. The number of hydrogen-bond acceptors (Lipinski definition) is 6. The minimum absolute atomic E-state index is 0.193. The van der Waals surface area contributed by atoms with E-state index in [9.17, 15) is 4.79 Å². The normalized spacial score (nSPS) is 16.4. The summed E-state index contributed by atoms with van der Waals surface area (Å²) in [5.74, 6) is 1.35. The number of aromatic nitrogens is 4. The zero-order chi connectivity index (χ0) is 18.0. The molecule has 2 N–H and O–H groups in total. The van der Waals surface area contributed by atoms with E-state index in [1.165, 1.54) is 0 Å². The number of nitrogens with zero attached hydrogens (tertiary/aromatic N) is 4. The molecular formula is C17H22N6O2. The molecule has 0 saturated heterocycles. The summed E-state index contributed by atoms with van der Waals surface area (Å²) in [6.07, 6.45) is 0.756. The SMILES string of the molecule is COc1ccccc1NC(=O)C1=C(C)Nc2nnnn2C1CC(C)C. The summed E-state index contributed by atoms with van der Waals surface area (Å²) >= 11 is 0. The van der Waals surface area contributed by atoms with Crippen molar-refractivity contribution in [1.82, 2.24) is 20.2 Å². The highest BCUT2D eigenvalue weighted by Gasteiger charge is 2.33. The Morgan fingerprint density at radius 1 is 1.40 bits per heavy atom. The van der Waals surface area contributed by atoms with E-state index in [4.69, 9.17) is 4.74 Å². The highest BCUT2D eigenvalue weighted by molar-refractivity contribution is 6.06. The molecular weight excluding hydrogens is 320 g/mol. The lowest BCUT2D eigenvalue weighted by Crippen LogP contribution is -2.31. The number of hydrogen-bond donors (Lipinski definition) is 2. The Kier molecular flexibility index (Phi) is 4.69. The minimum Gasteiger partial charge on any atom is -0.495 e. The average molecular weight is 342 g/mol. The van der Waals surface area contributed by atoms with Gasteiger partial charge < -0.3 is 15.4 Å². The minimum atomic E-state index is -0.221. The van der Waals surface area contributed by atoms with E-state index in [2.05, 4.69) is 40.0 Å². The van der Waals surface area contributed by atoms with E-state index in [0.717, 1.165) is 12.1 Å². The number of methoxy groups -OCH3 is 1. The number of nitrogens with one attached hydrogen (secondary N) is 2. The highest BCUT2D eigenvalue weighted by atomic mass is 16.5. The molecule has 0 bridgehead atoms. The summed E-state index contributed by atoms with van der Waals surface area (Å²) in [6.45, 7) is 6.08. The van der Waals surface area contributed by atoms with Gasteiger partial charge in [-0.1, -0.05) is 31.1 Å². The van der Waals surface area contributed by atoms with E-state index in [1.807, 2.05) is 25.1 Å². The molecule has 8 nitrogen and oxygen atoms in total. The summed E-state index contributed by atoms with van der Waals surface area (Å²) < 4.78 is 6.98. The van der Waals surface area contributed by atoms with Crippen molar-refractivity contribution in [1.29, 1.82) is 0 Å². The van der Waals surface area contributed by atoms with Crippen LogP contribution in [0.5, 0.6) is 5.75 Å². The zero-order valence-electron chi connectivity index (χ0n) is 14.8. The van der Waals surface area contributed by atoms with Gasteiger partial charge in [0, 0.05) is 5.70 Å². The van der Waals surface area contributed by atoms with Gasteiger partial charge in [0.15, 0.2) is 0 Å². The fraction of sp³-hybridized carbons (Fsp3) is 0.412. The van der Waals surface area contributed by atoms with E-state index in [0.29, 0.717) is 28.9 Å². The number of tetrazole rings is 1. The van der Waals surface area contributed by atoms with Gasteiger partial charge in [-0.3, -0.25) is 4.79 Å². The smallest absolute Gasteiger partial charge is 0.255 e. The summed E-state index contributed by atoms with van der Waals surface area (Å²) in [5, 5.41) is 17.8. The van der Waals surface area contributed by atoms with Crippen molar-refractivity contribution in [3.8, 4) is 5.75 Å². The maximum Gasteiger partial charge on any atom is 0.255 e. The third-order valence-corrected chi connectivity index (χ3v) is 4.12.